The number of aryl methyl sites for hydroxylation is 1. The normalized spacial score (nSPS) is 12.5. The van der Waals surface area contributed by atoms with Gasteiger partial charge >= 0.3 is 0 Å². The van der Waals surface area contributed by atoms with Crippen LogP contribution in [0.4, 0.5) is 0 Å². The summed E-state index contributed by atoms with van der Waals surface area (Å²) >= 11 is 0.949. The van der Waals surface area contributed by atoms with E-state index in [0.717, 1.165) is 28.4 Å². The SMILES string of the molecule is Cc1cccc(CCNC(=O)[C@@H](Cc2ccccc2)NS(=O)(=O)c2cccc3nsnc23)c1. The highest BCUT2D eigenvalue weighted by Crippen LogP contribution is 2.21. The number of aromatic nitrogens is 2. The van der Waals surface area contributed by atoms with Crippen LogP contribution in [0.5, 0.6) is 0 Å². The Kier molecular flexibility index (Phi) is 7.12. The molecule has 0 fully saturated rings. The molecule has 0 saturated heterocycles. The molecule has 0 saturated carbocycles. The van der Waals surface area contributed by atoms with Gasteiger partial charge in [-0.1, -0.05) is 66.2 Å². The molecule has 3 aromatic carbocycles. The zero-order valence-electron chi connectivity index (χ0n) is 18.1. The van der Waals surface area contributed by atoms with Crippen LogP contribution in [0, 0.1) is 6.92 Å². The van der Waals surface area contributed by atoms with Crippen molar-refractivity contribution in [3.05, 3.63) is 89.5 Å². The molecule has 0 radical (unpaired) electrons. The Bertz CT molecular complexity index is 1350. The van der Waals surface area contributed by atoms with Crippen LogP contribution >= 0.6 is 11.7 Å². The average molecular weight is 481 g/mol. The van der Waals surface area contributed by atoms with Crippen molar-refractivity contribution >= 4 is 38.7 Å². The van der Waals surface area contributed by atoms with Gasteiger partial charge in [0.2, 0.25) is 15.9 Å². The van der Waals surface area contributed by atoms with Gasteiger partial charge in [0.15, 0.2) is 0 Å². The van der Waals surface area contributed by atoms with Gasteiger partial charge in [-0.05, 0) is 43.0 Å². The summed E-state index contributed by atoms with van der Waals surface area (Å²) in [5.74, 6) is -0.376. The molecule has 4 aromatic rings. The van der Waals surface area contributed by atoms with Crippen molar-refractivity contribution in [3.8, 4) is 0 Å². The van der Waals surface area contributed by atoms with Crippen LogP contribution in [-0.4, -0.2) is 35.7 Å². The predicted molar refractivity (Wildman–Crippen MR) is 130 cm³/mol. The van der Waals surface area contributed by atoms with Gasteiger partial charge in [-0.15, -0.1) is 0 Å². The van der Waals surface area contributed by atoms with E-state index in [0.29, 0.717) is 24.0 Å². The first-order chi connectivity index (χ1) is 15.9. The third kappa shape index (κ3) is 5.81. The molecule has 7 nitrogen and oxygen atoms in total. The molecule has 33 heavy (non-hydrogen) atoms. The van der Waals surface area contributed by atoms with E-state index in [9.17, 15) is 13.2 Å². The zero-order valence-corrected chi connectivity index (χ0v) is 19.7. The molecule has 0 aliphatic carbocycles. The molecule has 1 atom stereocenters. The number of fused-ring (bicyclic) bond motifs is 1. The van der Waals surface area contributed by atoms with E-state index in [1.807, 2.05) is 55.5 Å². The van der Waals surface area contributed by atoms with Gasteiger partial charge in [0, 0.05) is 6.54 Å². The Labute approximate surface area is 197 Å². The highest BCUT2D eigenvalue weighted by atomic mass is 32.2. The average Bonchev–Trinajstić information content (AvgIpc) is 3.28. The second kappa shape index (κ2) is 10.2. The minimum absolute atomic E-state index is 0.0133. The molecular formula is C24H24N4O3S2. The summed E-state index contributed by atoms with van der Waals surface area (Å²) in [6.07, 6.45) is 0.879. The minimum Gasteiger partial charge on any atom is -0.354 e. The number of nitrogens with zero attached hydrogens (tertiary/aromatic N) is 2. The molecule has 0 aliphatic rings. The van der Waals surface area contributed by atoms with Crippen LogP contribution in [0.15, 0.2) is 77.7 Å². The van der Waals surface area contributed by atoms with Gasteiger partial charge in [-0.3, -0.25) is 4.79 Å². The Morgan fingerprint density at radius 2 is 1.73 bits per heavy atom. The lowest BCUT2D eigenvalue weighted by molar-refractivity contribution is -0.122. The number of benzene rings is 3. The lowest BCUT2D eigenvalue weighted by Crippen LogP contribution is -2.48. The highest BCUT2D eigenvalue weighted by Gasteiger charge is 2.28. The summed E-state index contributed by atoms with van der Waals surface area (Å²) in [5.41, 5.74) is 3.92. The van der Waals surface area contributed by atoms with E-state index < -0.39 is 16.1 Å². The van der Waals surface area contributed by atoms with E-state index in [2.05, 4.69) is 24.9 Å². The molecule has 9 heteroatoms. The first-order valence-electron chi connectivity index (χ1n) is 10.5. The molecule has 0 bridgehead atoms. The summed E-state index contributed by atoms with van der Waals surface area (Å²) in [6, 6.07) is 21.2. The Morgan fingerprint density at radius 1 is 0.970 bits per heavy atom. The number of sulfonamides is 1. The molecule has 1 aromatic heterocycles. The third-order valence-corrected chi connectivity index (χ3v) is 7.28. The zero-order chi connectivity index (χ0) is 23.3. The Morgan fingerprint density at radius 3 is 2.52 bits per heavy atom. The number of carbonyl (C=O) groups excluding carboxylic acids is 1. The standard InChI is InChI=1S/C24H24N4O3S2/c1-17-7-5-10-19(15-17)13-14-25-24(29)21(16-18-8-3-2-4-9-18)28-33(30,31)22-12-6-11-20-23(22)27-32-26-20/h2-12,15,21,28H,13-14,16H2,1H3,(H,25,29)/t21-/m1/s1. The Balaban J connectivity index is 1.52. The van der Waals surface area contributed by atoms with E-state index >= 15 is 0 Å². The van der Waals surface area contributed by atoms with Crippen LogP contribution in [0.25, 0.3) is 11.0 Å². The number of nitrogens with one attached hydrogen (secondary N) is 2. The summed E-state index contributed by atoms with van der Waals surface area (Å²) in [5, 5.41) is 2.89. The number of hydrogen-bond acceptors (Lipinski definition) is 6. The largest absolute Gasteiger partial charge is 0.354 e. The molecule has 0 aliphatic heterocycles. The quantitative estimate of drug-likeness (QED) is 0.383. The van der Waals surface area contributed by atoms with Gasteiger partial charge in [0.25, 0.3) is 0 Å². The third-order valence-electron chi connectivity index (χ3n) is 5.23. The van der Waals surface area contributed by atoms with Crippen molar-refractivity contribution < 1.29 is 13.2 Å². The van der Waals surface area contributed by atoms with Crippen LogP contribution in [-0.2, 0) is 27.7 Å². The predicted octanol–water partition coefficient (Wildman–Crippen LogP) is 3.25. The molecule has 170 valence electrons. The summed E-state index contributed by atoms with van der Waals surface area (Å²) in [6.45, 7) is 2.42. The second-order valence-electron chi connectivity index (χ2n) is 7.78. The van der Waals surface area contributed by atoms with Gasteiger partial charge < -0.3 is 5.32 Å². The van der Waals surface area contributed by atoms with Crippen molar-refractivity contribution in [2.24, 2.45) is 0 Å². The van der Waals surface area contributed by atoms with Crippen molar-refractivity contribution in [3.63, 3.8) is 0 Å². The summed E-state index contributed by atoms with van der Waals surface area (Å²) < 4.78 is 37.3. The van der Waals surface area contributed by atoms with Crippen molar-refractivity contribution in [2.75, 3.05) is 6.54 Å². The number of carbonyl (C=O) groups is 1. The van der Waals surface area contributed by atoms with Gasteiger partial charge in [0.1, 0.15) is 22.0 Å². The van der Waals surface area contributed by atoms with Crippen molar-refractivity contribution in [2.45, 2.75) is 30.7 Å². The smallest absolute Gasteiger partial charge is 0.243 e. The molecule has 2 N–H and O–H groups in total. The molecular weight excluding hydrogens is 456 g/mol. The van der Waals surface area contributed by atoms with E-state index in [1.165, 1.54) is 6.07 Å². The Hall–Kier alpha value is -3.14. The molecule has 1 amide bonds. The lowest BCUT2D eigenvalue weighted by Gasteiger charge is -2.19. The van der Waals surface area contributed by atoms with Gasteiger partial charge in [-0.2, -0.15) is 13.5 Å². The summed E-state index contributed by atoms with van der Waals surface area (Å²) in [7, 11) is -4.01. The first kappa shape index (κ1) is 23.0. The number of amides is 1. The fraction of sp³-hybridized carbons (Fsp3) is 0.208. The fourth-order valence-electron chi connectivity index (χ4n) is 3.61. The topological polar surface area (TPSA) is 101 Å². The summed E-state index contributed by atoms with van der Waals surface area (Å²) in [4.78, 5) is 13.1. The van der Waals surface area contributed by atoms with Crippen LogP contribution in [0.1, 0.15) is 16.7 Å². The monoisotopic (exact) mass is 480 g/mol. The van der Waals surface area contributed by atoms with Crippen molar-refractivity contribution in [1.29, 1.82) is 0 Å². The fourth-order valence-corrected chi connectivity index (χ4v) is 5.57. The van der Waals surface area contributed by atoms with E-state index in [1.54, 1.807) is 12.1 Å². The molecule has 0 spiro atoms. The van der Waals surface area contributed by atoms with Crippen LogP contribution < -0.4 is 10.0 Å². The molecule has 1 heterocycles. The first-order valence-corrected chi connectivity index (χ1v) is 12.7. The van der Waals surface area contributed by atoms with Crippen LogP contribution in [0.3, 0.4) is 0 Å². The van der Waals surface area contributed by atoms with E-state index in [4.69, 9.17) is 0 Å². The number of hydrogen-bond donors (Lipinski definition) is 2. The highest BCUT2D eigenvalue weighted by molar-refractivity contribution is 7.89. The maximum absolute atomic E-state index is 13.2. The van der Waals surface area contributed by atoms with Crippen LogP contribution in [0.2, 0.25) is 0 Å². The molecule has 4 rings (SSSR count). The van der Waals surface area contributed by atoms with E-state index in [-0.39, 0.29) is 17.2 Å². The second-order valence-corrected chi connectivity index (χ2v) is 9.99. The van der Waals surface area contributed by atoms with Crippen molar-refractivity contribution in [1.82, 2.24) is 18.8 Å². The number of rotatable bonds is 9. The lowest BCUT2D eigenvalue weighted by atomic mass is 10.1. The van der Waals surface area contributed by atoms with Gasteiger partial charge in [-0.25, -0.2) is 8.42 Å². The molecule has 0 unspecified atom stereocenters. The van der Waals surface area contributed by atoms with Gasteiger partial charge in [0.05, 0.1) is 11.7 Å². The maximum atomic E-state index is 13.2. The maximum Gasteiger partial charge on any atom is 0.243 e. The minimum atomic E-state index is -4.01.